The predicted octanol–water partition coefficient (Wildman–Crippen LogP) is 0.273. The number of carbonyl (C=O) groups is 3. The lowest BCUT2D eigenvalue weighted by molar-refractivity contribution is -0.121. The lowest BCUT2D eigenvalue weighted by atomic mass is 10.1. The quantitative estimate of drug-likeness (QED) is 0.565. The molecule has 1 heterocycles. The van der Waals surface area contributed by atoms with Crippen LogP contribution in [0.3, 0.4) is 0 Å². The molecule has 0 aliphatic carbocycles. The highest BCUT2D eigenvalue weighted by Gasteiger charge is 2.29. The zero-order valence-electron chi connectivity index (χ0n) is 8.84. The number of Topliss-reactive ketones (excluding diaryl/α,β-unsaturated/α-hetero) is 1. The monoisotopic (exact) mass is 234 g/mol. The highest BCUT2D eigenvalue weighted by Crippen LogP contribution is 2.24. The summed E-state index contributed by atoms with van der Waals surface area (Å²) in [6, 6.07) is 4.10. The van der Waals surface area contributed by atoms with Gasteiger partial charge in [0.25, 0.3) is 0 Å². The van der Waals surface area contributed by atoms with Crippen molar-refractivity contribution in [2.75, 3.05) is 17.2 Å². The third-order valence-electron chi connectivity index (χ3n) is 2.48. The van der Waals surface area contributed by atoms with E-state index >= 15 is 0 Å². The first-order chi connectivity index (χ1) is 7.97. The lowest BCUT2D eigenvalue weighted by Crippen LogP contribution is -2.24. The van der Waals surface area contributed by atoms with Gasteiger partial charge in [-0.3, -0.25) is 9.59 Å². The first-order valence-electron chi connectivity index (χ1n) is 4.93. The second-order valence-corrected chi connectivity index (χ2v) is 3.81. The molecule has 1 aromatic carbocycles. The number of aromatic carboxylic acids is 1. The van der Waals surface area contributed by atoms with E-state index in [1.165, 1.54) is 23.1 Å². The van der Waals surface area contributed by atoms with Gasteiger partial charge in [-0.15, -0.1) is 0 Å². The molecule has 1 fully saturated rings. The molecule has 88 valence electrons. The number of amides is 1. The van der Waals surface area contributed by atoms with E-state index in [1.807, 2.05) is 0 Å². The van der Waals surface area contributed by atoms with Gasteiger partial charge in [0.05, 0.1) is 18.5 Å². The van der Waals surface area contributed by atoms with Crippen LogP contribution < -0.4 is 10.6 Å². The number of hydrogen-bond donors (Lipinski definition) is 2. The minimum absolute atomic E-state index is 0.00727. The third-order valence-corrected chi connectivity index (χ3v) is 2.48. The first kappa shape index (κ1) is 11.1. The molecule has 1 aromatic rings. The van der Waals surface area contributed by atoms with Crippen molar-refractivity contribution >= 4 is 29.0 Å². The van der Waals surface area contributed by atoms with E-state index in [1.54, 1.807) is 0 Å². The average molecular weight is 234 g/mol. The first-order valence-corrected chi connectivity index (χ1v) is 4.93. The van der Waals surface area contributed by atoms with Crippen LogP contribution in [0.4, 0.5) is 11.4 Å². The van der Waals surface area contributed by atoms with E-state index in [-0.39, 0.29) is 35.9 Å². The number of benzene rings is 1. The van der Waals surface area contributed by atoms with Gasteiger partial charge in [0, 0.05) is 11.4 Å². The van der Waals surface area contributed by atoms with Gasteiger partial charge in [-0.05, 0) is 18.2 Å². The molecule has 6 heteroatoms. The second-order valence-electron chi connectivity index (χ2n) is 3.81. The molecule has 0 aromatic heterocycles. The molecule has 6 nitrogen and oxygen atoms in total. The van der Waals surface area contributed by atoms with E-state index in [4.69, 9.17) is 10.8 Å². The number of carboxylic acid groups (broad SMARTS) is 1. The minimum Gasteiger partial charge on any atom is -0.478 e. The molecule has 0 bridgehead atoms. The van der Waals surface area contributed by atoms with Crippen molar-refractivity contribution in [3.63, 3.8) is 0 Å². The normalized spacial score (nSPS) is 15.4. The van der Waals surface area contributed by atoms with Crippen LogP contribution in [0.25, 0.3) is 0 Å². The summed E-state index contributed by atoms with van der Waals surface area (Å²) in [7, 11) is 0. The average Bonchev–Trinajstić information content (AvgIpc) is 2.57. The number of carboxylic acids is 1. The molecule has 17 heavy (non-hydrogen) atoms. The van der Waals surface area contributed by atoms with Crippen LogP contribution in [0.5, 0.6) is 0 Å². The summed E-state index contributed by atoms with van der Waals surface area (Å²) < 4.78 is 0. The van der Waals surface area contributed by atoms with Gasteiger partial charge in [-0.25, -0.2) is 4.79 Å². The lowest BCUT2D eigenvalue weighted by Gasteiger charge is -2.15. The summed E-state index contributed by atoms with van der Waals surface area (Å²) in [6.07, 6.45) is -0.142. The molecule has 0 saturated carbocycles. The van der Waals surface area contributed by atoms with Gasteiger partial charge < -0.3 is 15.7 Å². The minimum atomic E-state index is -1.13. The van der Waals surface area contributed by atoms with Crippen LogP contribution >= 0.6 is 0 Å². The van der Waals surface area contributed by atoms with Gasteiger partial charge >= 0.3 is 5.97 Å². The highest BCUT2D eigenvalue weighted by molar-refractivity contribution is 6.15. The molecule has 0 radical (unpaired) electrons. The van der Waals surface area contributed by atoms with E-state index in [0.717, 1.165) is 0 Å². The van der Waals surface area contributed by atoms with Crippen molar-refractivity contribution < 1.29 is 19.5 Å². The van der Waals surface area contributed by atoms with E-state index in [2.05, 4.69) is 0 Å². The molecular weight excluding hydrogens is 224 g/mol. The Morgan fingerprint density at radius 3 is 2.53 bits per heavy atom. The fourth-order valence-electron chi connectivity index (χ4n) is 1.73. The SMILES string of the molecule is Nc1cc(C(=O)O)cc(N2CC(=O)CC2=O)c1. The number of rotatable bonds is 2. The van der Waals surface area contributed by atoms with E-state index < -0.39 is 5.97 Å². The fraction of sp³-hybridized carbons (Fsp3) is 0.182. The zero-order valence-corrected chi connectivity index (χ0v) is 8.84. The standard InChI is InChI=1S/C11H10N2O4/c12-7-1-6(11(16)17)2-8(3-7)13-5-9(14)4-10(13)15/h1-3H,4-5,12H2,(H,16,17). The maximum absolute atomic E-state index is 11.5. The van der Waals surface area contributed by atoms with Crippen LogP contribution in [0, 0.1) is 0 Å². The van der Waals surface area contributed by atoms with Gasteiger partial charge in [-0.2, -0.15) is 0 Å². The van der Waals surface area contributed by atoms with Crippen molar-refractivity contribution in [2.45, 2.75) is 6.42 Å². The molecule has 1 saturated heterocycles. The van der Waals surface area contributed by atoms with Crippen molar-refractivity contribution in [2.24, 2.45) is 0 Å². The maximum Gasteiger partial charge on any atom is 0.335 e. The Labute approximate surface area is 96.6 Å². The van der Waals surface area contributed by atoms with Crippen molar-refractivity contribution in [3.05, 3.63) is 23.8 Å². The van der Waals surface area contributed by atoms with Crippen LogP contribution in [-0.4, -0.2) is 29.3 Å². The number of nitrogens with two attached hydrogens (primary N) is 1. The van der Waals surface area contributed by atoms with Gasteiger partial charge in [0.2, 0.25) is 5.91 Å². The van der Waals surface area contributed by atoms with Crippen LogP contribution in [0.1, 0.15) is 16.8 Å². The van der Waals surface area contributed by atoms with Crippen molar-refractivity contribution in [1.29, 1.82) is 0 Å². The zero-order chi connectivity index (χ0) is 12.6. The Morgan fingerprint density at radius 1 is 1.29 bits per heavy atom. The summed E-state index contributed by atoms with van der Waals surface area (Å²) in [4.78, 5) is 34.7. The van der Waals surface area contributed by atoms with Gasteiger partial charge in [0.1, 0.15) is 0 Å². The summed E-state index contributed by atoms with van der Waals surface area (Å²) in [5, 5.41) is 8.87. The number of carbonyl (C=O) groups excluding carboxylic acids is 2. The largest absolute Gasteiger partial charge is 0.478 e. The van der Waals surface area contributed by atoms with Crippen molar-refractivity contribution in [1.82, 2.24) is 0 Å². The predicted molar refractivity (Wildman–Crippen MR) is 59.8 cm³/mol. The number of nitrogen functional groups attached to an aromatic ring is 1. The molecule has 0 atom stereocenters. The second kappa shape index (κ2) is 3.89. The molecule has 0 unspecified atom stereocenters. The van der Waals surface area contributed by atoms with Gasteiger partial charge in [0.15, 0.2) is 5.78 Å². The molecule has 1 aliphatic rings. The van der Waals surface area contributed by atoms with Crippen LogP contribution in [0.15, 0.2) is 18.2 Å². The number of hydrogen-bond acceptors (Lipinski definition) is 4. The Kier molecular flexibility index (Phi) is 2.55. The maximum atomic E-state index is 11.5. The topological polar surface area (TPSA) is 101 Å². The Bertz CT molecular complexity index is 524. The third kappa shape index (κ3) is 2.10. The smallest absolute Gasteiger partial charge is 0.335 e. The van der Waals surface area contributed by atoms with Gasteiger partial charge in [-0.1, -0.05) is 0 Å². The summed E-state index contributed by atoms with van der Waals surface area (Å²) in [6.45, 7) is -0.0264. The molecule has 3 N–H and O–H groups in total. The molecule has 0 spiro atoms. The number of ketones is 1. The Balaban J connectivity index is 2.42. The Morgan fingerprint density at radius 2 is 2.00 bits per heavy atom. The van der Waals surface area contributed by atoms with E-state index in [9.17, 15) is 14.4 Å². The summed E-state index contributed by atoms with van der Waals surface area (Å²) in [5.41, 5.74) is 6.14. The highest BCUT2D eigenvalue weighted by atomic mass is 16.4. The van der Waals surface area contributed by atoms with Crippen LogP contribution in [-0.2, 0) is 9.59 Å². The summed E-state index contributed by atoms with van der Waals surface area (Å²) in [5.74, 6) is -1.65. The molecular formula is C11H10N2O4. The van der Waals surface area contributed by atoms with Crippen molar-refractivity contribution in [3.8, 4) is 0 Å². The molecule has 2 rings (SSSR count). The number of nitrogens with zero attached hydrogens (tertiary/aromatic N) is 1. The van der Waals surface area contributed by atoms with Crippen LogP contribution in [0.2, 0.25) is 0 Å². The number of anilines is 2. The fourth-order valence-corrected chi connectivity index (χ4v) is 1.73. The Hall–Kier alpha value is -2.37. The molecule has 1 aliphatic heterocycles. The van der Waals surface area contributed by atoms with E-state index in [0.29, 0.717) is 5.69 Å². The molecule has 1 amide bonds. The summed E-state index contributed by atoms with van der Waals surface area (Å²) >= 11 is 0.